The Labute approximate surface area is 243 Å². The van der Waals surface area contributed by atoms with Gasteiger partial charge in [-0.15, -0.1) is 0 Å². The number of hydrogen-bond acceptors (Lipinski definition) is 4. The third-order valence-electron chi connectivity index (χ3n) is 17.3. The molecule has 0 heterocycles. The van der Waals surface area contributed by atoms with Crippen LogP contribution in [0.2, 0.25) is 0 Å². The average Bonchev–Trinajstić information content (AvgIpc) is 3.79. The van der Waals surface area contributed by atoms with Crippen molar-refractivity contribution < 1.29 is 19.1 Å². The molecule has 0 aliphatic heterocycles. The molecule has 224 valence electrons. The first kappa shape index (κ1) is 27.8. The van der Waals surface area contributed by atoms with Gasteiger partial charge in [-0.3, -0.25) is 9.59 Å². The normalized spacial score (nSPS) is 62.8. The van der Waals surface area contributed by atoms with Gasteiger partial charge >= 0.3 is 11.9 Å². The highest BCUT2D eigenvalue weighted by Crippen LogP contribution is 2.76. The molecule has 8 bridgehead atoms. The molecule has 40 heavy (non-hydrogen) atoms. The molecule has 0 aromatic heterocycles. The predicted molar refractivity (Wildman–Crippen MR) is 156 cm³/mol. The standard InChI is InChI=1S/2C18H28O2/c2*1-8-9(2)12-6-11(8)15-13-7-14(16(12)15)18(4,10(13)3)17(19)20-5/h2*8-16H,6-7H2,1-5H3. The van der Waals surface area contributed by atoms with Crippen LogP contribution in [0.4, 0.5) is 0 Å². The number of esters is 2. The summed E-state index contributed by atoms with van der Waals surface area (Å²) in [5.41, 5.74) is -0.429. The van der Waals surface area contributed by atoms with Crippen molar-refractivity contribution in [3.05, 3.63) is 0 Å². The van der Waals surface area contributed by atoms with E-state index in [1.165, 1.54) is 25.7 Å². The summed E-state index contributed by atoms with van der Waals surface area (Å²) in [6.45, 7) is 18.9. The average molecular weight is 553 g/mol. The van der Waals surface area contributed by atoms with Crippen LogP contribution >= 0.6 is 0 Å². The first-order valence-corrected chi connectivity index (χ1v) is 17.0. The van der Waals surface area contributed by atoms with Crippen LogP contribution in [-0.2, 0) is 19.1 Å². The van der Waals surface area contributed by atoms with Crippen LogP contribution in [0.3, 0.4) is 0 Å². The van der Waals surface area contributed by atoms with Crippen LogP contribution in [-0.4, -0.2) is 26.2 Å². The number of methoxy groups -OCH3 is 2. The lowest BCUT2D eigenvalue weighted by Crippen LogP contribution is -2.50. The highest BCUT2D eigenvalue weighted by Gasteiger charge is 2.74. The van der Waals surface area contributed by atoms with Crippen molar-refractivity contribution in [3.8, 4) is 0 Å². The molecule has 8 rings (SSSR count). The van der Waals surface area contributed by atoms with Crippen molar-refractivity contribution in [3.63, 3.8) is 0 Å². The lowest BCUT2D eigenvalue weighted by molar-refractivity contribution is -0.164. The van der Waals surface area contributed by atoms with E-state index >= 15 is 0 Å². The highest BCUT2D eigenvalue weighted by atomic mass is 16.5. The Bertz CT molecular complexity index is 1000. The van der Waals surface area contributed by atoms with Crippen LogP contribution in [0.1, 0.15) is 81.1 Å². The fourth-order valence-corrected chi connectivity index (χ4v) is 14.8. The van der Waals surface area contributed by atoms with Gasteiger partial charge in [-0.1, -0.05) is 41.5 Å². The number of ether oxygens (including phenoxy) is 2. The SMILES string of the molecule is COC(=O)C1(C)C(C)C2CC1C1C3CC(C(C)C3C)C21.COC(=O)C1(C)C(C)C2CC1C1C3CC(C(C)C3C)C21. The molecule has 4 heteroatoms. The van der Waals surface area contributed by atoms with Crippen LogP contribution in [0.15, 0.2) is 0 Å². The zero-order valence-corrected chi connectivity index (χ0v) is 26.9. The molecule has 20 unspecified atom stereocenters. The maximum Gasteiger partial charge on any atom is 0.312 e. The van der Waals surface area contributed by atoms with Gasteiger partial charge in [0.1, 0.15) is 0 Å². The molecule has 0 aromatic carbocycles. The molecule has 8 fully saturated rings. The topological polar surface area (TPSA) is 52.6 Å². The number of hydrogen-bond donors (Lipinski definition) is 0. The molecule has 0 saturated heterocycles. The van der Waals surface area contributed by atoms with Gasteiger partial charge in [0.2, 0.25) is 0 Å². The Balaban J connectivity index is 0.000000132. The zero-order valence-electron chi connectivity index (χ0n) is 26.9. The quantitative estimate of drug-likeness (QED) is 0.268. The maximum absolute atomic E-state index is 12.5. The number of carbonyl (C=O) groups is 2. The first-order valence-electron chi connectivity index (χ1n) is 17.0. The van der Waals surface area contributed by atoms with Gasteiger partial charge in [0.15, 0.2) is 0 Å². The monoisotopic (exact) mass is 552 g/mol. The highest BCUT2D eigenvalue weighted by molar-refractivity contribution is 5.78. The van der Waals surface area contributed by atoms with Gasteiger partial charge in [0.25, 0.3) is 0 Å². The third-order valence-corrected chi connectivity index (χ3v) is 17.3. The van der Waals surface area contributed by atoms with E-state index in [2.05, 4.69) is 55.4 Å². The third kappa shape index (κ3) is 2.96. The van der Waals surface area contributed by atoms with E-state index in [0.29, 0.717) is 23.7 Å². The second kappa shape index (κ2) is 8.75. The lowest BCUT2D eigenvalue weighted by Gasteiger charge is -2.49. The van der Waals surface area contributed by atoms with E-state index in [4.69, 9.17) is 9.47 Å². The minimum Gasteiger partial charge on any atom is -0.469 e. The number of carbonyl (C=O) groups excluding carboxylic acids is 2. The van der Waals surface area contributed by atoms with Gasteiger partial charge in [-0.2, -0.15) is 0 Å². The minimum absolute atomic E-state index is 0.0550. The van der Waals surface area contributed by atoms with E-state index in [1.54, 1.807) is 14.2 Å². The molecule has 4 nitrogen and oxygen atoms in total. The van der Waals surface area contributed by atoms with Crippen LogP contribution < -0.4 is 0 Å². The van der Waals surface area contributed by atoms with Gasteiger partial charge in [-0.25, -0.2) is 0 Å². The van der Waals surface area contributed by atoms with E-state index < -0.39 is 0 Å². The van der Waals surface area contributed by atoms with E-state index in [-0.39, 0.29) is 22.8 Å². The Hall–Kier alpha value is -1.06. The van der Waals surface area contributed by atoms with Gasteiger partial charge < -0.3 is 9.47 Å². The fourth-order valence-electron chi connectivity index (χ4n) is 14.8. The molecule has 8 saturated carbocycles. The van der Waals surface area contributed by atoms with Crippen molar-refractivity contribution in [1.82, 2.24) is 0 Å². The molecule has 0 spiro atoms. The molecule has 20 atom stereocenters. The minimum atomic E-state index is -0.214. The van der Waals surface area contributed by atoms with Crippen molar-refractivity contribution >= 4 is 11.9 Å². The lowest BCUT2D eigenvalue weighted by atomic mass is 9.55. The predicted octanol–water partition coefficient (Wildman–Crippen LogP) is 7.21. The summed E-state index contributed by atoms with van der Waals surface area (Å²) in [6, 6.07) is 0. The van der Waals surface area contributed by atoms with Crippen molar-refractivity contribution in [1.29, 1.82) is 0 Å². The van der Waals surface area contributed by atoms with Gasteiger partial charge in [0.05, 0.1) is 25.0 Å². The summed E-state index contributed by atoms with van der Waals surface area (Å²) >= 11 is 0. The van der Waals surface area contributed by atoms with Crippen LogP contribution in [0.5, 0.6) is 0 Å². The van der Waals surface area contributed by atoms with Gasteiger partial charge in [-0.05, 0) is 146 Å². The Kier molecular flexibility index (Phi) is 6.07. The van der Waals surface area contributed by atoms with Crippen molar-refractivity contribution in [2.45, 2.75) is 81.1 Å². The summed E-state index contributed by atoms with van der Waals surface area (Å²) in [5, 5.41) is 0. The molecular weight excluding hydrogens is 496 g/mol. The number of fused-ring (bicyclic) bond motifs is 18. The van der Waals surface area contributed by atoms with E-state index in [0.717, 1.165) is 82.9 Å². The summed E-state index contributed by atoms with van der Waals surface area (Å²) in [6.07, 6.45) is 5.45. The maximum atomic E-state index is 12.5. The largest absolute Gasteiger partial charge is 0.469 e. The summed E-state index contributed by atoms with van der Waals surface area (Å²) in [5.74, 6) is 14.5. The first-order chi connectivity index (χ1) is 18.8. The van der Waals surface area contributed by atoms with Crippen molar-refractivity contribution in [2.75, 3.05) is 14.2 Å². The smallest absolute Gasteiger partial charge is 0.312 e. The molecule has 0 amide bonds. The number of rotatable bonds is 2. The second-order valence-electron chi connectivity index (χ2n) is 17.0. The molecule has 0 aromatic rings. The summed E-state index contributed by atoms with van der Waals surface area (Å²) < 4.78 is 10.4. The molecule has 8 aliphatic carbocycles. The zero-order chi connectivity index (χ0) is 28.8. The Morgan fingerprint density at radius 2 is 0.800 bits per heavy atom. The molecule has 0 radical (unpaired) electrons. The van der Waals surface area contributed by atoms with E-state index in [1.807, 2.05) is 0 Å². The molecule has 0 N–H and O–H groups in total. The molecule has 8 aliphatic rings. The van der Waals surface area contributed by atoms with Crippen molar-refractivity contribution in [2.24, 2.45) is 117 Å². The second-order valence-corrected chi connectivity index (χ2v) is 17.0. The van der Waals surface area contributed by atoms with Gasteiger partial charge in [0, 0.05) is 0 Å². The molecular formula is C36H56O4. The van der Waals surface area contributed by atoms with Crippen LogP contribution in [0, 0.1) is 117 Å². The Morgan fingerprint density at radius 3 is 1.10 bits per heavy atom. The fraction of sp³-hybridized carbons (Fsp3) is 0.944. The van der Waals surface area contributed by atoms with E-state index in [9.17, 15) is 9.59 Å². The summed E-state index contributed by atoms with van der Waals surface area (Å²) in [4.78, 5) is 24.9. The van der Waals surface area contributed by atoms with Crippen LogP contribution in [0.25, 0.3) is 0 Å². The Morgan fingerprint density at radius 1 is 0.500 bits per heavy atom. The summed E-state index contributed by atoms with van der Waals surface area (Å²) in [7, 11) is 3.13.